The molecule has 3 rings (SSSR count). The lowest BCUT2D eigenvalue weighted by atomic mass is 10.0. The summed E-state index contributed by atoms with van der Waals surface area (Å²) in [5.41, 5.74) is 0. The first-order valence-electron chi connectivity index (χ1n) is 5.73. The second-order valence-electron chi connectivity index (χ2n) is 4.54. The number of piperidine rings is 1. The maximum Gasteiger partial charge on any atom is 0.137 e. The normalized spacial score (nSPS) is 30.0. The van der Waals surface area contributed by atoms with E-state index in [2.05, 4.69) is 10.3 Å². The van der Waals surface area contributed by atoms with Gasteiger partial charge in [0.05, 0.1) is 6.20 Å². The summed E-state index contributed by atoms with van der Waals surface area (Å²) in [5, 5.41) is 3.61. The SMILES string of the molecule is Cl.Cl.c1cncc(OC2C[C@H]3CC[C@@H](C2)N3)c1. The number of hydrogen-bond acceptors (Lipinski definition) is 3. The number of nitrogens with zero attached hydrogens (tertiary/aromatic N) is 1. The summed E-state index contributed by atoms with van der Waals surface area (Å²) >= 11 is 0. The number of ether oxygens (including phenoxy) is 1. The van der Waals surface area contributed by atoms with Crippen LogP contribution in [0.2, 0.25) is 0 Å². The van der Waals surface area contributed by atoms with Crippen molar-refractivity contribution in [1.29, 1.82) is 0 Å². The van der Waals surface area contributed by atoms with E-state index in [1.165, 1.54) is 12.8 Å². The second-order valence-corrected chi connectivity index (χ2v) is 4.54. The Morgan fingerprint density at radius 1 is 1.18 bits per heavy atom. The molecular formula is C12H18Cl2N2O. The van der Waals surface area contributed by atoms with E-state index in [1.807, 2.05) is 12.1 Å². The van der Waals surface area contributed by atoms with Crippen molar-refractivity contribution in [3.63, 3.8) is 0 Å². The predicted octanol–water partition coefficient (Wildman–Crippen LogP) is 2.59. The van der Waals surface area contributed by atoms with E-state index in [0.29, 0.717) is 18.2 Å². The Morgan fingerprint density at radius 2 is 1.88 bits per heavy atom. The molecule has 2 aliphatic heterocycles. The van der Waals surface area contributed by atoms with E-state index >= 15 is 0 Å². The molecule has 0 aliphatic carbocycles. The molecule has 2 bridgehead atoms. The molecule has 17 heavy (non-hydrogen) atoms. The highest BCUT2D eigenvalue weighted by atomic mass is 35.5. The maximum atomic E-state index is 5.93. The van der Waals surface area contributed by atoms with Crippen molar-refractivity contribution in [3.05, 3.63) is 24.5 Å². The van der Waals surface area contributed by atoms with Gasteiger partial charge < -0.3 is 10.1 Å². The fraction of sp³-hybridized carbons (Fsp3) is 0.583. The number of halogens is 2. The summed E-state index contributed by atoms with van der Waals surface area (Å²) in [6.45, 7) is 0. The maximum absolute atomic E-state index is 5.93. The Balaban J connectivity index is 0.000000722. The zero-order valence-electron chi connectivity index (χ0n) is 9.54. The van der Waals surface area contributed by atoms with Gasteiger partial charge in [-0.15, -0.1) is 24.8 Å². The number of aromatic nitrogens is 1. The van der Waals surface area contributed by atoms with E-state index in [0.717, 1.165) is 18.6 Å². The van der Waals surface area contributed by atoms with Gasteiger partial charge in [0.1, 0.15) is 11.9 Å². The van der Waals surface area contributed by atoms with Gasteiger partial charge >= 0.3 is 0 Å². The van der Waals surface area contributed by atoms with Crippen LogP contribution in [0.1, 0.15) is 25.7 Å². The molecule has 0 saturated carbocycles. The van der Waals surface area contributed by atoms with Gasteiger partial charge in [0, 0.05) is 18.3 Å². The van der Waals surface area contributed by atoms with Crippen molar-refractivity contribution in [1.82, 2.24) is 10.3 Å². The summed E-state index contributed by atoms with van der Waals surface area (Å²) < 4.78 is 5.93. The zero-order valence-corrected chi connectivity index (χ0v) is 11.2. The van der Waals surface area contributed by atoms with Crippen molar-refractivity contribution >= 4 is 24.8 Å². The summed E-state index contributed by atoms with van der Waals surface area (Å²) in [5.74, 6) is 0.906. The van der Waals surface area contributed by atoms with Gasteiger partial charge in [-0.3, -0.25) is 4.98 Å². The van der Waals surface area contributed by atoms with Crippen LogP contribution in [-0.2, 0) is 0 Å². The van der Waals surface area contributed by atoms with Gasteiger partial charge in [0.25, 0.3) is 0 Å². The molecule has 3 heterocycles. The smallest absolute Gasteiger partial charge is 0.137 e. The van der Waals surface area contributed by atoms with Gasteiger partial charge in [0.15, 0.2) is 0 Å². The number of fused-ring (bicyclic) bond motifs is 2. The van der Waals surface area contributed by atoms with Gasteiger partial charge in [-0.2, -0.15) is 0 Å². The molecule has 1 unspecified atom stereocenters. The molecule has 1 N–H and O–H groups in total. The summed E-state index contributed by atoms with van der Waals surface area (Å²) in [6, 6.07) is 5.28. The minimum atomic E-state index is 0. The quantitative estimate of drug-likeness (QED) is 0.902. The fourth-order valence-corrected chi connectivity index (χ4v) is 2.71. The van der Waals surface area contributed by atoms with Crippen molar-refractivity contribution in [3.8, 4) is 5.75 Å². The molecule has 3 nitrogen and oxygen atoms in total. The molecule has 96 valence electrons. The average Bonchev–Trinajstić information content (AvgIpc) is 2.60. The highest BCUT2D eigenvalue weighted by molar-refractivity contribution is 5.85. The first-order valence-corrected chi connectivity index (χ1v) is 5.73. The Kier molecular flexibility index (Phi) is 5.50. The third-order valence-electron chi connectivity index (χ3n) is 3.37. The van der Waals surface area contributed by atoms with Crippen molar-refractivity contribution in [2.75, 3.05) is 0 Å². The molecule has 1 aromatic rings. The Hall–Kier alpha value is -0.510. The predicted molar refractivity (Wildman–Crippen MR) is 72.3 cm³/mol. The lowest BCUT2D eigenvalue weighted by Gasteiger charge is -2.29. The number of rotatable bonds is 2. The molecule has 3 atom stereocenters. The summed E-state index contributed by atoms with van der Waals surface area (Å²) in [7, 11) is 0. The molecule has 2 aliphatic rings. The molecule has 0 spiro atoms. The molecule has 0 aromatic carbocycles. The van der Waals surface area contributed by atoms with Crippen LogP contribution in [0.15, 0.2) is 24.5 Å². The lowest BCUT2D eigenvalue weighted by molar-refractivity contribution is 0.137. The molecule has 5 heteroatoms. The van der Waals surface area contributed by atoms with Crippen LogP contribution in [0.4, 0.5) is 0 Å². The van der Waals surface area contributed by atoms with Gasteiger partial charge in [-0.05, 0) is 37.8 Å². The topological polar surface area (TPSA) is 34.1 Å². The average molecular weight is 277 g/mol. The lowest BCUT2D eigenvalue weighted by Crippen LogP contribution is -2.42. The van der Waals surface area contributed by atoms with Crippen LogP contribution in [0, 0.1) is 0 Å². The molecular weight excluding hydrogens is 259 g/mol. The second kappa shape index (κ2) is 6.43. The highest BCUT2D eigenvalue weighted by Crippen LogP contribution is 2.29. The standard InChI is InChI=1S/C12H16N2O.2ClH/c1-2-11(8-13-5-1)15-12-6-9-3-4-10(7-12)14-9;;/h1-2,5,8-10,12,14H,3-4,6-7H2;2*1H/t9-,10+,12?;;. The van der Waals surface area contributed by atoms with Gasteiger partial charge in [-0.25, -0.2) is 0 Å². The molecule has 2 saturated heterocycles. The van der Waals surface area contributed by atoms with Crippen molar-refractivity contribution < 1.29 is 4.74 Å². The van der Waals surface area contributed by atoms with Crippen LogP contribution in [-0.4, -0.2) is 23.2 Å². The number of pyridine rings is 1. The van der Waals surface area contributed by atoms with Crippen LogP contribution in [0.3, 0.4) is 0 Å². The Labute approximate surface area is 114 Å². The third-order valence-corrected chi connectivity index (χ3v) is 3.37. The number of hydrogen-bond donors (Lipinski definition) is 1. The van der Waals surface area contributed by atoms with Crippen LogP contribution in [0.25, 0.3) is 0 Å². The molecule has 0 amide bonds. The van der Waals surface area contributed by atoms with E-state index in [1.54, 1.807) is 12.4 Å². The fourth-order valence-electron chi connectivity index (χ4n) is 2.71. The highest BCUT2D eigenvalue weighted by Gasteiger charge is 2.34. The minimum Gasteiger partial charge on any atom is -0.489 e. The van der Waals surface area contributed by atoms with E-state index < -0.39 is 0 Å². The molecule has 2 fully saturated rings. The van der Waals surface area contributed by atoms with Gasteiger partial charge in [0.2, 0.25) is 0 Å². The first kappa shape index (κ1) is 14.6. The molecule has 1 aromatic heterocycles. The van der Waals surface area contributed by atoms with E-state index in [4.69, 9.17) is 4.74 Å². The monoisotopic (exact) mass is 276 g/mol. The van der Waals surface area contributed by atoms with Crippen molar-refractivity contribution in [2.24, 2.45) is 0 Å². The van der Waals surface area contributed by atoms with Crippen LogP contribution >= 0.6 is 24.8 Å². The largest absolute Gasteiger partial charge is 0.489 e. The number of nitrogens with one attached hydrogen (secondary N) is 1. The Bertz CT molecular complexity index is 325. The van der Waals surface area contributed by atoms with Crippen LogP contribution in [0.5, 0.6) is 5.75 Å². The molecule has 0 radical (unpaired) electrons. The zero-order chi connectivity index (χ0) is 10.1. The van der Waals surface area contributed by atoms with Crippen LogP contribution < -0.4 is 10.1 Å². The van der Waals surface area contributed by atoms with Crippen molar-refractivity contribution in [2.45, 2.75) is 43.9 Å². The summed E-state index contributed by atoms with van der Waals surface area (Å²) in [6.07, 6.45) is 8.88. The van der Waals surface area contributed by atoms with Gasteiger partial charge in [-0.1, -0.05) is 0 Å². The summed E-state index contributed by atoms with van der Waals surface area (Å²) in [4.78, 5) is 4.06. The van der Waals surface area contributed by atoms with E-state index in [-0.39, 0.29) is 24.8 Å². The first-order chi connectivity index (χ1) is 7.40. The Morgan fingerprint density at radius 3 is 2.47 bits per heavy atom. The minimum absolute atomic E-state index is 0. The third kappa shape index (κ3) is 3.47. The van der Waals surface area contributed by atoms with E-state index in [9.17, 15) is 0 Å².